The van der Waals surface area contributed by atoms with Gasteiger partial charge in [-0.05, 0) is 19.4 Å². The van der Waals surface area contributed by atoms with E-state index in [0.717, 1.165) is 7.11 Å². The van der Waals surface area contributed by atoms with E-state index in [1.807, 2.05) is 0 Å². The third-order valence-electron chi connectivity index (χ3n) is 5.45. The van der Waals surface area contributed by atoms with Crippen molar-refractivity contribution < 1.29 is 38.8 Å². The molecule has 8 nitrogen and oxygen atoms in total. The fourth-order valence-electron chi connectivity index (χ4n) is 4.23. The molecule has 2 N–H and O–H groups in total. The molecule has 1 aliphatic carbocycles. The smallest absolute Gasteiger partial charge is 0.343 e. The summed E-state index contributed by atoms with van der Waals surface area (Å²) in [6, 6.07) is 4.14. The maximum atomic E-state index is 13.3. The quantitative estimate of drug-likeness (QED) is 0.752. The average Bonchev–Trinajstić information content (AvgIpc) is 3.05. The molecule has 1 aliphatic heterocycles. The molecule has 140 valence electrons. The largest absolute Gasteiger partial charge is 0.507 e. The molecule has 1 saturated heterocycles. The predicted molar refractivity (Wildman–Crippen MR) is 86.4 cm³/mol. The maximum absolute atomic E-state index is 13.3. The van der Waals surface area contributed by atoms with Crippen LogP contribution in [0.4, 0.5) is 0 Å². The highest BCUT2D eigenvalue weighted by Gasteiger charge is 2.73. The maximum Gasteiger partial charge on any atom is 0.343 e. The number of ether oxygens (including phenoxy) is 3. The van der Waals surface area contributed by atoms with Gasteiger partial charge in [0.05, 0.1) is 38.4 Å². The molecule has 1 aromatic carbocycles. The van der Waals surface area contributed by atoms with E-state index in [2.05, 4.69) is 4.74 Å². The van der Waals surface area contributed by atoms with Crippen molar-refractivity contribution in [3.8, 4) is 5.75 Å². The molecule has 1 aromatic rings. The van der Waals surface area contributed by atoms with E-state index in [4.69, 9.17) is 9.47 Å². The zero-order valence-electron chi connectivity index (χ0n) is 14.6. The molecule has 0 radical (unpaired) electrons. The lowest BCUT2D eigenvalue weighted by Crippen LogP contribution is -2.55. The van der Waals surface area contributed by atoms with Crippen molar-refractivity contribution >= 4 is 17.7 Å². The number of carbonyl (C=O) groups is 3. The molecular weight excluding hydrogens is 344 g/mol. The molecule has 1 fully saturated rings. The van der Waals surface area contributed by atoms with Crippen molar-refractivity contribution in [2.45, 2.75) is 37.6 Å². The third kappa shape index (κ3) is 2.12. The van der Waals surface area contributed by atoms with Gasteiger partial charge in [0.2, 0.25) is 5.60 Å². The lowest BCUT2D eigenvalue weighted by molar-refractivity contribution is -0.179. The minimum atomic E-state index is -2.34. The fraction of sp³-hybridized carbons (Fsp3) is 0.500. The summed E-state index contributed by atoms with van der Waals surface area (Å²) in [7, 11) is 2.33. The average molecular weight is 364 g/mol. The van der Waals surface area contributed by atoms with Gasteiger partial charge < -0.3 is 24.4 Å². The number of phenolic OH excluding ortho intramolecular Hbond substituents is 1. The first kappa shape index (κ1) is 18.3. The molecule has 26 heavy (non-hydrogen) atoms. The van der Waals surface area contributed by atoms with Crippen LogP contribution in [-0.2, 0) is 29.4 Å². The van der Waals surface area contributed by atoms with Crippen LogP contribution in [0.25, 0.3) is 0 Å². The summed E-state index contributed by atoms with van der Waals surface area (Å²) in [4.78, 5) is 37.5. The van der Waals surface area contributed by atoms with E-state index >= 15 is 0 Å². The lowest BCUT2D eigenvalue weighted by Gasteiger charge is -2.37. The summed E-state index contributed by atoms with van der Waals surface area (Å²) >= 11 is 0. The van der Waals surface area contributed by atoms with Gasteiger partial charge in [-0.3, -0.25) is 9.59 Å². The summed E-state index contributed by atoms with van der Waals surface area (Å²) in [5.74, 6) is -2.51. The Morgan fingerprint density at radius 1 is 1.31 bits per heavy atom. The van der Waals surface area contributed by atoms with Crippen molar-refractivity contribution in [3.63, 3.8) is 0 Å². The standard InChI is InChI=1S/C18H20O8/c1-9-17(8-10(26-9)7-13(20)24-2)15(21)14-11(5-4-6-12(14)19)18(17,23)16(22)25-3/h4-6,9-10,19,23H,7-8H2,1-3H3. The molecule has 8 heteroatoms. The number of rotatable bonds is 3. The Morgan fingerprint density at radius 3 is 2.62 bits per heavy atom. The topological polar surface area (TPSA) is 119 Å². The Balaban J connectivity index is 2.17. The number of aromatic hydroxyl groups is 1. The predicted octanol–water partition coefficient (Wildman–Crippen LogP) is 0.676. The van der Waals surface area contributed by atoms with Gasteiger partial charge in [0.15, 0.2) is 5.78 Å². The first-order chi connectivity index (χ1) is 12.2. The van der Waals surface area contributed by atoms with Crippen molar-refractivity contribution in [1.82, 2.24) is 0 Å². The number of benzene rings is 1. The number of Topliss-reactive ketones (excluding diaryl/α,β-unsaturated/α-hetero) is 1. The van der Waals surface area contributed by atoms with Crippen molar-refractivity contribution in [2.24, 2.45) is 5.41 Å². The first-order valence-electron chi connectivity index (χ1n) is 8.14. The molecule has 0 bridgehead atoms. The fourth-order valence-corrected chi connectivity index (χ4v) is 4.23. The second kappa shape index (κ2) is 6.07. The minimum absolute atomic E-state index is 0.0245. The Labute approximate surface area is 149 Å². The second-order valence-corrected chi connectivity index (χ2v) is 6.59. The first-order valence-corrected chi connectivity index (χ1v) is 8.14. The van der Waals surface area contributed by atoms with E-state index in [0.29, 0.717) is 0 Å². The number of hydrogen-bond acceptors (Lipinski definition) is 8. The van der Waals surface area contributed by atoms with E-state index in [9.17, 15) is 24.6 Å². The molecular formula is C18H20O8. The summed E-state index contributed by atoms with van der Waals surface area (Å²) in [5, 5.41) is 21.6. The van der Waals surface area contributed by atoms with Crippen LogP contribution in [-0.4, -0.2) is 54.4 Å². The minimum Gasteiger partial charge on any atom is -0.507 e. The highest BCUT2D eigenvalue weighted by Crippen LogP contribution is 2.60. The number of aliphatic hydroxyl groups is 1. The number of esters is 2. The van der Waals surface area contributed by atoms with Gasteiger partial charge in [-0.25, -0.2) is 4.79 Å². The molecule has 4 unspecified atom stereocenters. The van der Waals surface area contributed by atoms with Gasteiger partial charge in [-0.15, -0.1) is 0 Å². The number of ketones is 1. The van der Waals surface area contributed by atoms with Crippen LogP contribution in [0, 0.1) is 5.41 Å². The zero-order valence-corrected chi connectivity index (χ0v) is 14.6. The summed E-state index contributed by atoms with van der Waals surface area (Å²) < 4.78 is 15.1. The Kier molecular flexibility index (Phi) is 4.28. The number of carbonyl (C=O) groups excluding carboxylic acids is 3. The molecule has 3 rings (SSSR count). The van der Waals surface area contributed by atoms with E-state index in [-0.39, 0.29) is 29.7 Å². The molecule has 4 atom stereocenters. The zero-order chi connectivity index (χ0) is 19.3. The van der Waals surface area contributed by atoms with Gasteiger partial charge >= 0.3 is 11.9 Å². The van der Waals surface area contributed by atoms with Crippen LogP contribution in [0.15, 0.2) is 18.2 Å². The van der Waals surface area contributed by atoms with E-state index in [1.165, 1.54) is 25.3 Å². The summed E-state index contributed by atoms with van der Waals surface area (Å²) in [6.45, 7) is 1.55. The lowest BCUT2D eigenvalue weighted by atomic mass is 9.66. The number of hydrogen-bond donors (Lipinski definition) is 2. The molecule has 1 spiro atoms. The molecule has 0 amide bonds. The van der Waals surface area contributed by atoms with Crippen LogP contribution >= 0.6 is 0 Å². The van der Waals surface area contributed by atoms with Crippen LogP contribution in [0.1, 0.15) is 35.7 Å². The van der Waals surface area contributed by atoms with Crippen LogP contribution < -0.4 is 0 Å². The van der Waals surface area contributed by atoms with Crippen molar-refractivity contribution in [2.75, 3.05) is 14.2 Å². The SMILES string of the molecule is COC(=O)CC1CC2(C(=O)c3c(O)cccc3C2(O)C(=O)OC)C(C)O1. The number of phenols is 1. The molecule has 0 saturated carbocycles. The summed E-state index contributed by atoms with van der Waals surface area (Å²) in [6.07, 6.45) is -1.85. The monoisotopic (exact) mass is 364 g/mol. The van der Waals surface area contributed by atoms with Crippen LogP contribution in [0.3, 0.4) is 0 Å². The second-order valence-electron chi connectivity index (χ2n) is 6.59. The van der Waals surface area contributed by atoms with E-state index in [1.54, 1.807) is 6.92 Å². The van der Waals surface area contributed by atoms with E-state index < -0.39 is 40.9 Å². The normalized spacial score (nSPS) is 32.5. The van der Waals surface area contributed by atoms with Crippen molar-refractivity contribution in [1.29, 1.82) is 0 Å². The molecule has 2 aliphatic rings. The highest BCUT2D eigenvalue weighted by atomic mass is 16.5. The molecule has 0 aromatic heterocycles. The molecule has 1 heterocycles. The Bertz CT molecular complexity index is 787. The number of fused-ring (bicyclic) bond motifs is 1. The van der Waals surface area contributed by atoms with Gasteiger partial charge in [0.1, 0.15) is 11.2 Å². The van der Waals surface area contributed by atoms with Gasteiger partial charge in [-0.1, -0.05) is 12.1 Å². The number of methoxy groups -OCH3 is 2. The van der Waals surface area contributed by atoms with Crippen LogP contribution in [0.2, 0.25) is 0 Å². The highest BCUT2D eigenvalue weighted by molar-refractivity contribution is 6.13. The Hall–Kier alpha value is -2.45. The van der Waals surface area contributed by atoms with Gasteiger partial charge in [-0.2, -0.15) is 0 Å². The van der Waals surface area contributed by atoms with Crippen LogP contribution in [0.5, 0.6) is 5.75 Å². The van der Waals surface area contributed by atoms with Gasteiger partial charge in [0.25, 0.3) is 0 Å². The van der Waals surface area contributed by atoms with Crippen molar-refractivity contribution in [3.05, 3.63) is 29.3 Å². The Morgan fingerprint density at radius 2 is 2.00 bits per heavy atom. The third-order valence-corrected chi connectivity index (χ3v) is 5.45. The van der Waals surface area contributed by atoms with Gasteiger partial charge in [0, 0.05) is 5.56 Å². The summed E-state index contributed by atoms with van der Waals surface area (Å²) in [5.41, 5.74) is -4.20.